The van der Waals surface area contributed by atoms with Gasteiger partial charge in [-0.15, -0.1) is 11.3 Å². The Hall–Kier alpha value is -2.55. The van der Waals surface area contributed by atoms with Gasteiger partial charge in [0.2, 0.25) is 5.82 Å². The number of rotatable bonds is 9. The summed E-state index contributed by atoms with van der Waals surface area (Å²) in [5.74, 6) is 0.943. The van der Waals surface area contributed by atoms with Crippen LogP contribution in [0.25, 0.3) is 22.2 Å². The molecule has 0 unspecified atom stereocenters. The molecule has 3 heterocycles. The number of hydrogen-bond donors (Lipinski definition) is 1. The number of nitrogens with zero attached hydrogens (tertiary/aromatic N) is 4. The monoisotopic (exact) mass is 453 g/mol. The number of nitrogens with one attached hydrogen (secondary N) is 1. The molecule has 7 nitrogen and oxygen atoms in total. The van der Waals surface area contributed by atoms with E-state index in [1.54, 1.807) is 0 Å². The largest absolute Gasteiger partial charge is 0.351 e. The highest BCUT2D eigenvalue weighted by Gasteiger charge is 2.17. The molecule has 8 heteroatoms. The number of aromatic nitrogens is 2. The number of thiophene rings is 1. The second kappa shape index (κ2) is 10.8. The van der Waals surface area contributed by atoms with Crippen LogP contribution in [0.5, 0.6) is 0 Å². The van der Waals surface area contributed by atoms with Crippen molar-refractivity contribution in [3.8, 4) is 22.2 Å². The van der Waals surface area contributed by atoms with Crippen LogP contribution in [0.3, 0.4) is 0 Å². The summed E-state index contributed by atoms with van der Waals surface area (Å²) in [6.45, 7) is 11.7. The van der Waals surface area contributed by atoms with Crippen molar-refractivity contribution >= 4 is 17.2 Å². The summed E-state index contributed by atoms with van der Waals surface area (Å²) in [6, 6.07) is 11.7. The molecule has 0 atom stereocenters. The van der Waals surface area contributed by atoms with Gasteiger partial charge >= 0.3 is 0 Å². The minimum Gasteiger partial charge on any atom is -0.351 e. The van der Waals surface area contributed by atoms with Crippen LogP contribution in [-0.4, -0.2) is 71.7 Å². The molecule has 0 radical (unpaired) electrons. The molecule has 1 N–H and O–H groups in total. The minimum absolute atomic E-state index is 0.0451. The average Bonchev–Trinajstić information content (AvgIpc) is 3.48. The number of aryl methyl sites for hydroxylation is 1. The summed E-state index contributed by atoms with van der Waals surface area (Å²) >= 11 is 1.38. The number of amides is 1. The van der Waals surface area contributed by atoms with E-state index in [9.17, 15) is 4.79 Å². The zero-order valence-electron chi connectivity index (χ0n) is 18.8. The second-order valence-electron chi connectivity index (χ2n) is 8.25. The molecule has 1 saturated heterocycles. The van der Waals surface area contributed by atoms with E-state index in [0.717, 1.165) is 49.6 Å². The fourth-order valence-electron chi connectivity index (χ4n) is 3.86. The normalized spacial score (nSPS) is 15.2. The summed E-state index contributed by atoms with van der Waals surface area (Å²) in [6.07, 6.45) is 2.18. The first-order chi connectivity index (χ1) is 15.6. The molecule has 170 valence electrons. The van der Waals surface area contributed by atoms with Gasteiger partial charge in [0.15, 0.2) is 0 Å². The number of benzene rings is 1. The SMILES string of the molecule is CCCN1CCN(CCCNC(=O)c2ccc(-c3noc(-c4ccc(C)cc4)n3)s2)CC1. The molecule has 2 aromatic heterocycles. The van der Waals surface area contributed by atoms with Crippen molar-refractivity contribution in [3.05, 3.63) is 46.8 Å². The Labute approximate surface area is 193 Å². The van der Waals surface area contributed by atoms with Gasteiger partial charge < -0.3 is 19.6 Å². The third kappa shape index (κ3) is 5.82. The van der Waals surface area contributed by atoms with Crippen LogP contribution < -0.4 is 5.32 Å². The Morgan fingerprint density at radius 1 is 1.06 bits per heavy atom. The molecule has 4 rings (SSSR count). The van der Waals surface area contributed by atoms with E-state index in [-0.39, 0.29) is 5.91 Å². The molecule has 32 heavy (non-hydrogen) atoms. The predicted molar refractivity (Wildman–Crippen MR) is 128 cm³/mol. The fourth-order valence-corrected chi connectivity index (χ4v) is 4.71. The lowest BCUT2D eigenvalue weighted by Gasteiger charge is -2.34. The van der Waals surface area contributed by atoms with Gasteiger partial charge in [0.05, 0.1) is 9.75 Å². The van der Waals surface area contributed by atoms with Crippen molar-refractivity contribution in [1.82, 2.24) is 25.3 Å². The first-order valence-corrected chi connectivity index (χ1v) is 12.2. The van der Waals surface area contributed by atoms with E-state index in [1.807, 2.05) is 43.3 Å². The molecule has 0 bridgehead atoms. The molecular weight excluding hydrogens is 422 g/mol. The fraction of sp³-hybridized carbons (Fsp3) is 0.458. The van der Waals surface area contributed by atoms with Crippen molar-refractivity contribution in [1.29, 1.82) is 0 Å². The molecule has 1 aliphatic rings. The van der Waals surface area contributed by atoms with Gasteiger partial charge in [0.25, 0.3) is 11.8 Å². The first-order valence-electron chi connectivity index (χ1n) is 11.4. The van der Waals surface area contributed by atoms with E-state index >= 15 is 0 Å². The number of piperazine rings is 1. The third-order valence-electron chi connectivity index (χ3n) is 5.72. The van der Waals surface area contributed by atoms with Crippen LogP contribution in [0.4, 0.5) is 0 Å². The van der Waals surface area contributed by atoms with Gasteiger partial charge in [0.1, 0.15) is 0 Å². The molecule has 1 aromatic carbocycles. The topological polar surface area (TPSA) is 74.5 Å². The second-order valence-corrected chi connectivity index (χ2v) is 9.33. The molecule has 1 amide bonds. The van der Waals surface area contributed by atoms with Crippen molar-refractivity contribution < 1.29 is 9.32 Å². The lowest BCUT2D eigenvalue weighted by molar-refractivity contribution is 0.0952. The summed E-state index contributed by atoms with van der Waals surface area (Å²) in [7, 11) is 0. The summed E-state index contributed by atoms with van der Waals surface area (Å²) < 4.78 is 5.41. The van der Waals surface area contributed by atoms with Crippen LogP contribution >= 0.6 is 11.3 Å². The third-order valence-corrected chi connectivity index (χ3v) is 6.80. The summed E-state index contributed by atoms with van der Waals surface area (Å²) in [5.41, 5.74) is 2.06. The lowest BCUT2D eigenvalue weighted by atomic mass is 10.1. The summed E-state index contributed by atoms with van der Waals surface area (Å²) in [4.78, 5) is 23.5. The Morgan fingerprint density at radius 2 is 1.78 bits per heavy atom. The van der Waals surface area contributed by atoms with Gasteiger partial charge in [-0.3, -0.25) is 4.79 Å². The number of carbonyl (C=O) groups excluding carboxylic acids is 1. The van der Waals surface area contributed by atoms with E-state index < -0.39 is 0 Å². The van der Waals surface area contributed by atoms with Crippen molar-refractivity contribution in [2.24, 2.45) is 0 Å². The highest BCUT2D eigenvalue weighted by Crippen LogP contribution is 2.28. The van der Waals surface area contributed by atoms with Gasteiger partial charge in [-0.05, 0) is 57.1 Å². The van der Waals surface area contributed by atoms with Gasteiger partial charge in [-0.2, -0.15) is 4.98 Å². The standard InChI is InChI=1S/C24H31N5O2S/c1-3-12-28-14-16-29(17-15-28)13-4-11-25-23(30)21-10-9-20(32-21)22-26-24(31-27-22)19-7-5-18(2)6-8-19/h5-10H,3-4,11-17H2,1-2H3,(H,25,30). The Kier molecular flexibility index (Phi) is 7.68. The summed E-state index contributed by atoms with van der Waals surface area (Å²) in [5, 5.41) is 7.12. The smallest absolute Gasteiger partial charge is 0.261 e. The Morgan fingerprint density at radius 3 is 2.50 bits per heavy atom. The zero-order valence-corrected chi connectivity index (χ0v) is 19.7. The predicted octanol–water partition coefficient (Wildman–Crippen LogP) is 3.92. The molecule has 1 aliphatic heterocycles. The van der Waals surface area contributed by atoms with Crippen LogP contribution in [0, 0.1) is 6.92 Å². The number of carbonyl (C=O) groups is 1. The number of hydrogen-bond acceptors (Lipinski definition) is 7. The van der Waals surface area contributed by atoms with E-state index in [1.165, 1.54) is 29.9 Å². The quantitative estimate of drug-likeness (QED) is 0.495. The van der Waals surface area contributed by atoms with Crippen LogP contribution in [-0.2, 0) is 0 Å². The zero-order chi connectivity index (χ0) is 22.3. The maximum absolute atomic E-state index is 12.5. The van der Waals surface area contributed by atoms with E-state index in [4.69, 9.17) is 4.52 Å². The average molecular weight is 454 g/mol. The van der Waals surface area contributed by atoms with Crippen molar-refractivity contribution in [2.75, 3.05) is 45.8 Å². The minimum atomic E-state index is -0.0451. The van der Waals surface area contributed by atoms with Gasteiger partial charge in [-0.1, -0.05) is 29.8 Å². The van der Waals surface area contributed by atoms with Gasteiger partial charge in [-0.25, -0.2) is 0 Å². The molecule has 0 spiro atoms. The molecule has 3 aromatic rings. The van der Waals surface area contributed by atoms with Gasteiger partial charge in [0, 0.05) is 38.3 Å². The highest BCUT2D eigenvalue weighted by molar-refractivity contribution is 7.17. The Bertz CT molecular complexity index is 1010. The van der Waals surface area contributed by atoms with Crippen molar-refractivity contribution in [2.45, 2.75) is 26.7 Å². The van der Waals surface area contributed by atoms with Crippen LogP contribution in [0.1, 0.15) is 35.0 Å². The van der Waals surface area contributed by atoms with Crippen LogP contribution in [0.2, 0.25) is 0 Å². The molecule has 0 saturated carbocycles. The molecule has 1 fully saturated rings. The molecular formula is C24H31N5O2S. The lowest BCUT2D eigenvalue weighted by Crippen LogP contribution is -2.47. The Balaban J connectivity index is 1.23. The van der Waals surface area contributed by atoms with Crippen molar-refractivity contribution in [3.63, 3.8) is 0 Å². The first kappa shape index (κ1) is 22.6. The van der Waals surface area contributed by atoms with E-state index in [0.29, 0.717) is 23.1 Å². The maximum Gasteiger partial charge on any atom is 0.261 e. The highest BCUT2D eigenvalue weighted by atomic mass is 32.1. The molecule has 0 aliphatic carbocycles. The maximum atomic E-state index is 12.5. The van der Waals surface area contributed by atoms with E-state index in [2.05, 4.69) is 32.2 Å². The van der Waals surface area contributed by atoms with Crippen LogP contribution in [0.15, 0.2) is 40.9 Å².